The molecule has 2 aromatic rings. The molecule has 1 atom stereocenters. The Kier molecular flexibility index (Phi) is 3.19. The molecule has 122 valence electrons. The van der Waals surface area contributed by atoms with Crippen molar-refractivity contribution < 1.29 is 4.84 Å². The van der Waals surface area contributed by atoms with E-state index in [1.54, 1.807) is 11.3 Å². The van der Waals surface area contributed by atoms with E-state index in [9.17, 15) is 0 Å². The molecular formula is C17H20ClN3OS. The van der Waals surface area contributed by atoms with Gasteiger partial charge in [-0.15, -0.1) is 11.3 Å². The van der Waals surface area contributed by atoms with E-state index < -0.39 is 0 Å². The summed E-state index contributed by atoms with van der Waals surface area (Å²) in [5, 5.41) is 7.45. The molecule has 1 saturated heterocycles. The molecule has 0 radical (unpaired) electrons. The number of benzene rings is 1. The normalized spacial score (nSPS) is 34.1. The topological polar surface area (TPSA) is 27.7 Å². The third-order valence-corrected chi connectivity index (χ3v) is 7.50. The van der Waals surface area contributed by atoms with Crippen LogP contribution in [-0.2, 0) is 4.84 Å². The number of hydrazine groups is 2. The lowest BCUT2D eigenvalue weighted by Crippen LogP contribution is -2.58. The first kappa shape index (κ1) is 14.5. The number of hydrogen-bond acceptors (Lipinski definition) is 5. The third-order valence-electron chi connectivity index (χ3n) is 5.91. The van der Waals surface area contributed by atoms with Crippen molar-refractivity contribution in [3.63, 3.8) is 0 Å². The summed E-state index contributed by atoms with van der Waals surface area (Å²) in [6.45, 7) is 0. The van der Waals surface area contributed by atoms with E-state index in [0.717, 1.165) is 27.1 Å². The first-order valence-corrected chi connectivity index (χ1v) is 9.52. The molecule has 1 aromatic heterocycles. The van der Waals surface area contributed by atoms with Crippen molar-refractivity contribution in [1.29, 1.82) is 0 Å². The van der Waals surface area contributed by atoms with Crippen molar-refractivity contribution in [3.05, 3.63) is 29.3 Å². The Hall–Kier alpha value is -0.850. The van der Waals surface area contributed by atoms with Gasteiger partial charge in [0, 0.05) is 13.0 Å². The minimum Gasteiger partial charge on any atom is -0.256 e. The van der Waals surface area contributed by atoms with Crippen molar-refractivity contribution in [2.75, 3.05) is 12.2 Å². The van der Waals surface area contributed by atoms with Crippen LogP contribution in [0.4, 0.5) is 5.00 Å². The summed E-state index contributed by atoms with van der Waals surface area (Å²) in [7, 11) is 2.15. The van der Waals surface area contributed by atoms with Crippen LogP contribution in [0.1, 0.15) is 32.1 Å². The van der Waals surface area contributed by atoms with E-state index >= 15 is 0 Å². The molecule has 1 aromatic carbocycles. The van der Waals surface area contributed by atoms with Crippen LogP contribution >= 0.6 is 22.9 Å². The smallest absolute Gasteiger partial charge is 0.165 e. The summed E-state index contributed by atoms with van der Waals surface area (Å²) in [6, 6.07) is 8.24. The average molecular weight is 350 g/mol. The largest absolute Gasteiger partial charge is 0.256 e. The van der Waals surface area contributed by atoms with Crippen molar-refractivity contribution >= 4 is 38.0 Å². The lowest BCUT2D eigenvalue weighted by molar-refractivity contribution is -0.193. The van der Waals surface area contributed by atoms with Crippen molar-refractivity contribution in [3.8, 4) is 0 Å². The van der Waals surface area contributed by atoms with E-state index in [1.165, 1.54) is 31.1 Å². The summed E-state index contributed by atoms with van der Waals surface area (Å²) >= 11 is 8.04. The zero-order chi connectivity index (χ0) is 15.6. The van der Waals surface area contributed by atoms with Gasteiger partial charge in [0.15, 0.2) is 5.72 Å². The fraction of sp³-hybridized carbons (Fsp3) is 0.529. The van der Waals surface area contributed by atoms with Crippen molar-refractivity contribution in [2.24, 2.45) is 11.8 Å². The molecule has 3 aliphatic carbocycles. The Morgan fingerprint density at radius 3 is 2.83 bits per heavy atom. The van der Waals surface area contributed by atoms with Crippen LogP contribution < -0.4 is 10.7 Å². The highest BCUT2D eigenvalue weighted by Gasteiger charge is 2.56. The van der Waals surface area contributed by atoms with E-state index in [4.69, 9.17) is 16.4 Å². The Morgan fingerprint density at radius 1 is 1.30 bits per heavy atom. The van der Waals surface area contributed by atoms with Gasteiger partial charge in [-0.3, -0.25) is 4.84 Å². The van der Waals surface area contributed by atoms with Gasteiger partial charge >= 0.3 is 0 Å². The predicted molar refractivity (Wildman–Crippen MR) is 94.1 cm³/mol. The molecular weight excluding hydrogens is 330 g/mol. The number of fused-ring (bicyclic) bond motifs is 3. The van der Waals surface area contributed by atoms with Crippen LogP contribution in [0, 0.1) is 11.8 Å². The molecule has 6 rings (SSSR count). The minimum atomic E-state index is -0.179. The second-order valence-corrected chi connectivity index (χ2v) is 8.48. The van der Waals surface area contributed by atoms with Gasteiger partial charge in [-0.25, -0.2) is 5.12 Å². The second kappa shape index (κ2) is 5.07. The molecule has 1 spiro atoms. The zero-order valence-corrected chi connectivity index (χ0v) is 14.7. The second-order valence-electron chi connectivity index (χ2n) is 7.04. The summed E-state index contributed by atoms with van der Waals surface area (Å²) in [5.74, 6) is 1.43. The number of nitrogens with zero attached hydrogens (tertiary/aromatic N) is 2. The fourth-order valence-electron chi connectivity index (χ4n) is 4.65. The monoisotopic (exact) mass is 349 g/mol. The quantitative estimate of drug-likeness (QED) is 0.816. The van der Waals surface area contributed by atoms with Gasteiger partial charge in [0.1, 0.15) is 5.00 Å². The number of rotatable bonds is 1. The maximum absolute atomic E-state index is 6.33. The van der Waals surface area contributed by atoms with Gasteiger partial charge in [-0.1, -0.05) is 29.3 Å². The first-order chi connectivity index (χ1) is 11.2. The van der Waals surface area contributed by atoms with Crippen LogP contribution in [0.2, 0.25) is 5.02 Å². The van der Waals surface area contributed by atoms with Crippen molar-refractivity contribution in [2.45, 2.75) is 37.8 Å². The number of halogens is 1. The van der Waals surface area contributed by atoms with Crippen LogP contribution in [0.3, 0.4) is 0 Å². The first-order valence-electron chi connectivity index (χ1n) is 8.33. The summed E-state index contributed by atoms with van der Waals surface area (Å²) in [4.78, 5) is 6.20. The maximum atomic E-state index is 6.33. The van der Waals surface area contributed by atoms with Crippen molar-refractivity contribution in [1.82, 2.24) is 10.6 Å². The molecule has 4 fully saturated rings. The molecule has 0 unspecified atom stereocenters. The Bertz CT molecular complexity index is 757. The van der Waals surface area contributed by atoms with E-state index in [0.29, 0.717) is 5.92 Å². The minimum absolute atomic E-state index is 0.179. The highest BCUT2D eigenvalue weighted by atomic mass is 35.5. The lowest BCUT2D eigenvalue weighted by atomic mass is 9.65. The standard InChI is InChI=1S/C17H20ClN3OS/c1-20-17(10-11-5-7-13(17)8-6-11)22-19-21(20)15-9-12-3-2-4-14(18)16(12)23-15/h2-4,9,11,13,19H,5-8,10H2,1H3/t11?,13?,17-/m1/s1. The third kappa shape index (κ3) is 2.01. The maximum Gasteiger partial charge on any atom is 0.165 e. The molecule has 2 heterocycles. The van der Waals surface area contributed by atoms with Crippen LogP contribution in [0.15, 0.2) is 24.3 Å². The molecule has 1 aliphatic heterocycles. The molecule has 1 N–H and O–H groups in total. The predicted octanol–water partition coefficient (Wildman–Crippen LogP) is 4.56. The molecule has 4 aliphatic rings. The Labute approximate surface area is 144 Å². The SMILES string of the molecule is CN1N(c2cc3cccc(Cl)c3s2)NO[C@@]12CC1CCC2CC1. The number of thiophene rings is 1. The highest BCUT2D eigenvalue weighted by Crippen LogP contribution is 2.52. The van der Waals surface area contributed by atoms with E-state index in [-0.39, 0.29) is 5.72 Å². The molecule has 3 saturated carbocycles. The summed E-state index contributed by atoms with van der Waals surface area (Å²) in [5.41, 5.74) is 3.00. The van der Waals surface area contributed by atoms with Gasteiger partial charge in [0.05, 0.1) is 9.72 Å². The van der Waals surface area contributed by atoms with Crippen LogP contribution in [0.25, 0.3) is 10.1 Å². The lowest BCUT2D eigenvalue weighted by Gasteiger charge is -2.50. The molecule has 2 bridgehead atoms. The van der Waals surface area contributed by atoms with Gasteiger partial charge in [0.25, 0.3) is 0 Å². The van der Waals surface area contributed by atoms with E-state index in [2.05, 4.69) is 34.9 Å². The van der Waals surface area contributed by atoms with Gasteiger partial charge in [-0.05, 0) is 55.5 Å². The van der Waals surface area contributed by atoms with Gasteiger partial charge < -0.3 is 0 Å². The van der Waals surface area contributed by atoms with Gasteiger partial charge in [-0.2, -0.15) is 5.01 Å². The summed E-state index contributed by atoms with van der Waals surface area (Å²) in [6.07, 6.45) is 6.42. The number of nitrogens with one attached hydrogen (secondary N) is 1. The van der Waals surface area contributed by atoms with Gasteiger partial charge in [0.2, 0.25) is 0 Å². The Balaban J connectivity index is 1.51. The molecule has 23 heavy (non-hydrogen) atoms. The highest BCUT2D eigenvalue weighted by molar-refractivity contribution is 7.23. The fourth-order valence-corrected chi connectivity index (χ4v) is 6.00. The molecule has 4 nitrogen and oxygen atoms in total. The number of anilines is 1. The molecule has 6 heteroatoms. The summed E-state index contributed by atoms with van der Waals surface area (Å²) < 4.78 is 1.13. The average Bonchev–Trinajstić information content (AvgIpc) is 3.13. The number of hydrogen-bond donors (Lipinski definition) is 1. The molecule has 0 amide bonds. The Morgan fingerprint density at radius 2 is 2.13 bits per heavy atom. The van der Waals surface area contributed by atoms with Crippen LogP contribution in [0.5, 0.6) is 0 Å². The van der Waals surface area contributed by atoms with E-state index in [1.807, 2.05) is 12.1 Å². The van der Waals surface area contributed by atoms with Crippen LogP contribution in [-0.4, -0.2) is 17.8 Å². The zero-order valence-electron chi connectivity index (χ0n) is 13.1.